The largest absolute Gasteiger partial charge is 0.440 e. The second kappa shape index (κ2) is 7.21. The number of aryl methyl sites for hydroxylation is 1. The molecule has 0 saturated carbocycles. The van der Waals surface area contributed by atoms with Crippen LogP contribution in [0.15, 0.2) is 63.0 Å². The summed E-state index contributed by atoms with van der Waals surface area (Å²) < 4.78 is 7.38. The molecule has 136 valence electrons. The van der Waals surface area contributed by atoms with Gasteiger partial charge in [-0.05, 0) is 31.2 Å². The lowest BCUT2D eigenvalue weighted by Gasteiger charge is -2.08. The van der Waals surface area contributed by atoms with Gasteiger partial charge in [0.05, 0.1) is 22.9 Å². The zero-order valence-corrected chi connectivity index (χ0v) is 16.3. The van der Waals surface area contributed by atoms with E-state index in [2.05, 4.69) is 9.97 Å². The maximum atomic E-state index is 12.6. The summed E-state index contributed by atoms with van der Waals surface area (Å²) in [6, 6.07) is 13.1. The van der Waals surface area contributed by atoms with Gasteiger partial charge in [0.25, 0.3) is 5.56 Å². The lowest BCUT2D eigenvalue weighted by molar-refractivity contribution is 0.529. The van der Waals surface area contributed by atoms with Gasteiger partial charge >= 0.3 is 0 Å². The smallest absolute Gasteiger partial charge is 0.261 e. The molecule has 0 aliphatic carbocycles. The minimum absolute atomic E-state index is 0.0572. The fourth-order valence-electron chi connectivity index (χ4n) is 2.77. The van der Waals surface area contributed by atoms with Gasteiger partial charge in [0.15, 0.2) is 10.9 Å². The topological polar surface area (TPSA) is 60.9 Å². The van der Waals surface area contributed by atoms with Crippen LogP contribution in [0.1, 0.15) is 11.5 Å². The van der Waals surface area contributed by atoms with Gasteiger partial charge in [0, 0.05) is 17.6 Å². The molecule has 0 amide bonds. The van der Waals surface area contributed by atoms with E-state index in [-0.39, 0.29) is 5.56 Å². The number of oxazole rings is 1. The van der Waals surface area contributed by atoms with Crippen molar-refractivity contribution in [3.63, 3.8) is 0 Å². The SMILES string of the molecule is Cc1ccc2nc(SCc3ncc(-c4cccc(Cl)c4)o3)n(C)c(=O)c2c1. The molecule has 0 aliphatic heterocycles. The summed E-state index contributed by atoms with van der Waals surface area (Å²) >= 11 is 7.44. The molecule has 27 heavy (non-hydrogen) atoms. The third-order valence-electron chi connectivity index (χ3n) is 4.18. The highest BCUT2D eigenvalue weighted by molar-refractivity contribution is 7.98. The van der Waals surface area contributed by atoms with E-state index < -0.39 is 0 Å². The normalized spacial score (nSPS) is 11.2. The van der Waals surface area contributed by atoms with Gasteiger partial charge in [0.2, 0.25) is 5.89 Å². The molecule has 0 unspecified atom stereocenters. The molecule has 0 radical (unpaired) electrons. The summed E-state index contributed by atoms with van der Waals surface area (Å²) in [6.07, 6.45) is 1.68. The number of fused-ring (bicyclic) bond motifs is 1. The van der Waals surface area contributed by atoms with Crippen molar-refractivity contribution in [2.45, 2.75) is 17.8 Å². The van der Waals surface area contributed by atoms with E-state index in [1.54, 1.807) is 17.8 Å². The molecule has 4 aromatic rings. The Morgan fingerprint density at radius 3 is 2.89 bits per heavy atom. The third kappa shape index (κ3) is 3.63. The first-order chi connectivity index (χ1) is 13.0. The van der Waals surface area contributed by atoms with E-state index >= 15 is 0 Å². The first-order valence-electron chi connectivity index (χ1n) is 8.32. The molecule has 0 fully saturated rings. The molecular formula is C20H16ClN3O2S. The molecule has 0 atom stereocenters. The van der Waals surface area contributed by atoms with Crippen LogP contribution in [0.4, 0.5) is 0 Å². The van der Waals surface area contributed by atoms with Gasteiger partial charge in [-0.15, -0.1) is 0 Å². The number of nitrogens with zero attached hydrogens (tertiary/aromatic N) is 3. The van der Waals surface area contributed by atoms with E-state index in [0.29, 0.717) is 38.5 Å². The second-order valence-corrected chi connectivity index (χ2v) is 7.58. The van der Waals surface area contributed by atoms with Crippen LogP contribution < -0.4 is 5.56 Å². The summed E-state index contributed by atoms with van der Waals surface area (Å²) in [4.78, 5) is 21.5. The Morgan fingerprint density at radius 1 is 1.22 bits per heavy atom. The summed E-state index contributed by atoms with van der Waals surface area (Å²) in [5.74, 6) is 1.69. The first kappa shape index (κ1) is 17.8. The van der Waals surface area contributed by atoms with Crippen molar-refractivity contribution in [1.82, 2.24) is 14.5 Å². The Balaban J connectivity index is 1.58. The van der Waals surface area contributed by atoms with E-state index in [1.165, 1.54) is 11.8 Å². The summed E-state index contributed by atoms with van der Waals surface area (Å²) in [5.41, 5.74) is 2.55. The monoisotopic (exact) mass is 397 g/mol. The predicted molar refractivity (Wildman–Crippen MR) is 108 cm³/mol. The maximum Gasteiger partial charge on any atom is 0.261 e. The van der Waals surface area contributed by atoms with Crippen LogP contribution in [0, 0.1) is 6.92 Å². The molecule has 0 aliphatic rings. The minimum atomic E-state index is -0.0572. The van der Waals surface area contributed by atoms with E-state index in [1.807, 2.05) is 49.4 Å². The molecule has 5 nitrogen and oxygen atoms in total. The van der Waals surface area contributed by atoms with Crippen molar-refractivity contribution in [3.05, 3.63) is 75.5 Å². The quantitative estimate of drug-likeness (QED) is 0.364. The Bertz CT molecular complexity index is 1200. The number of halogens is 1. The van der Waals surface area contributed by atoms with Crippen molar-refractivity contribution >= 4 is 34.3 Å². The van der Waals surface area contributed by atoms with Crippen molar-refractivity contribution in [3.8, 4) is 11.3 Å². The lowest BCUT2D eigenvalue weighted by atomic mass is 10.2. The van der Waals surface area contributed by atoms with Crippen molar-refractivity contribution in [2.75, 3.05) is 0 Å². The highest BCUT2D eigenvalue weighted by Gasteiger charge is 2.12. The van der Waals surface area contributed by atoms with Crippen LogP contribution in [-0.4, -0.2) is 14.5 Å². The van der Waals surface area contributed by atoms with Gasteiger partial charge in [-0.2, -0.15) is 0 Å². The average Bonchev–Trinajstić information content (AvgIpc) is 3.13. The number of hydrogen-bond acceptors (Lipinski definition) is 5. The molecule has 2 heterocycles. The highest BCUT2D eigenvalue weighted by Crippen LogP contribution is 2.26. The van der Waals surface area contributed by atoms with Gasteiger partial charge in [-0.25, -0.2) is 9.97 Å². The average molecular weight is 398 g/mol. The Labute approximate surface area is 165 Å². The second-order valence-electron chi connectivity index (χ2n) is 6.20. The summed E-state index contributed by atoms with van der Waals surface area (Å²) in [7, 11) is 1.73. The molecule has 0 saturated heterocycles. The molecule has 0 N–H and O–H groups in total. The van der Waals surface area contributed by atoms with Crippen molar-refractivity contribution in [1.29, 1.82) is 0 Å². The van der Waals surface area contributed by atoms with Crippen LogP contribution in [0.3, 0.4) is 0 Å². The molecule has 4 rings (SSSR count). The zero-order valence-electron chi connectivity index (χ0n) is 14.8. The number of aromatic nitrogens is 3. The van der Waals surface area contributed by atoms with Crippen molar-refractivity contribution < 1.29 is 4.42 Å². The molecule has 0 spiro atoms. The molecule has 0 bridgehead atoms. The zero-order chi connectivity index (χ0) is 19.0. The standard InChI is InChI=1S/C20H16ClN3O2S/c1-12-6-7-16-15(8-12)19(25)24(2)20(23-16)27-11-18-22-10-17(26-18)13-4-3-5-14(21)9-13/h3-10H,11H2,1-2H3. The van der Waals surface area contributed by atoms with Crippen LogP contribution in [0.25, 0.3) is 22.2 Å². The fourth-order valence-corrected chi connectivity index (χ4v) is 3.79. The van der Waals surface area contributed by atoms with Crippen LogP contribution in [0.5, 0.6) is 0 Å². The number of rotatable bonds is 4. The van der Waals surface area contributed by atoms with E-state index in [9.17, 15) is 4.79 Å². The van der Waals surface area contributed by atoms with Gasteiger partial charge in [-0.1, -0.05) is 47.1 Å². The highest BCUT2D eigenvalue weighted by atomic mass is 35.5. The van der Waals surface area contributed by atoms with Gasteiger partial charge < -0.3 is 4.42 Å². The van der Waals surface area contributed by atoms with Gasteiger partial charge in [-0.3, -0.25) is 9.36 Å². The van der Waals surface area contributed by atoms with Crippen LogP contribution >= 0.6 is 23.4 Å². The van der Waals surface area contributed by atoms with E-state index in [0.717, 1.165) is 11.1 Å². The van der Waals surface area contributed by atoms with Gasteiger partial charge in [0.1, 0.15) is 0 Å². The first-order valence-corrected chi connectivity index (χ1v) is 9.68. The molecular weight excluding hydrogens is 382 g/mol. The molecule has 2 aromatic heterocycles. The lowest BCUT2D eigenvalue weighted by Crippen LogP contribution is -2.20. The van der Waals surface area contributed by atoms with E-state index in [4.69, 9.17) is 16.0 Å². The summed E-state index contributed by atoms with van der Waals surface area (Å²) in [6.45, 7) is 1.96. The maximum absolute atomic E-state index is 12.6. The predicted octanol–water partition coefficient (Wildman–Crippen LogP) is 4.84. The summed E-state index contributed by atoms with van der Waals surface area (Å²) in [5, 5.41) is 1.89. The number of benzene rings is 2. The van der Waals surface area contributed by atoms with Crippen LogP contribution in [0.2, 0.25) is 5.02 Å². The Hall–Kier alpha value is -2.57. The minimum Gasteiger partial charge on any atom is -0.440 e. The van der Waals surface area contributed by atoms with Crippen LogP contribution in [-0.2, 0) is 12.8 Å². The number of hydrogen-bond donors (Lipinski definition) is 0. The third-order valence-corrected chi connectivity index (χ3v) is 5.43. The molecule has 2 aromatic carbocycles. The Kier molecular flexibility index (Phi) is 4.76. The fraction of sp³-hybridized carbons (Fsp3) is 0.150. The molecule has 7 heteroatoms. The Morgan fingerprint density at radius 2 is 2.07 bits per heavy atom. The van der Waals surface area contributed by atoms with Crippen molar-refractivity contribution in [2.24, 2.45) is 7.05 Å². The number of thioether (sulfide) groups is 1.